The van der Waals surface area contributed by atoms with Gasteiger partial charge in [-0.05, 0) is 38.5 Å². The first-order valence-electron chi connectivity index (χ1n) is 6.96. The van der Waals surface area contributed by atoms with E-state index in [9.17, 15) is 15.2 Å². The fourth-order valence-electron chi connectivity index (χ4n) is 2.50. The second-order valence-electron chi connectivity index (χ2n) is 6.32. The number of aromatic hydroxyl groups is 1. The quantitative estimate of drug-likeness (QED) is 0.862. The van der Waals surface area contributed by atoms with E-state index in [1.807, 2.05) is 26.8 Å². The summed E-state index contributed by atoms with van der Waals surface area (Å²) in [6.45, 7) is 6.22. The van der Waals surface area contributed by atoms with E-state index in [1.54, 1.807) is 23.1 Å². The summed E-state index contributed by atoms with van der Waals surface area (Å²) in [7, 11) is 0. The Kier molecular flexibility index (Phi) is 4.08. The van der Waals surface area contributed by atoms with Crippen molar-refractivity contribution in [2.45, 2.75) is 32.3 Å². The van der Waals surface area contributed by atoms with E-state index in [1.165, 1.54) is 0 Å². The highest BCUT2D eigenvalue weighted by atomic mass is 16.6. The van der Waals surface area contributed by atoms with Crippen molar-refractivity contribution in [1.29, 1.82) is 5.26 Å². The van der Waals surface area contributed by atoms with E-state index < -0.39 is 11.7 Å². The molecule has 0 bridgehead atoms. The highest BCUT2D eigenvalue weighted by Gasteiger charge is 2.38. The van der Waals surface area contributed by atoms with Gasteiger partial charge in [-0.15, -0.1) is 0 Å². The van der Waals surface area contributed by atoms with Crippen molar-refractivity contribution in [3.63, 3.8) is 0 Å². The van der Waals surface area contributed by atoms with Gasteiger partial charge in [0.2, 0.25) is 0 Å². The molecule has 0 radical (unpaired) electrons. The first-order valence-corrected chi connectivity index (χ1v) is 6.96. The number of hydrogen-bond donors (Lipinski definition) is 1. The van der Waals surface area contributed by atoms with Crippen LogP contribution in [0.3, 0.4) is 0 Å². The summed E-state index contributed by atoms with van der Waals surface area (Å²) in [5.41, 5.74) is 0.315. The van der Waals surface area contributed by atoms with Crippen LogP contribution in [-0.4, -0.2) is 34.8 Å². The third-order valence-electron chi connectivity index (χ3n) is 3.44. The number of likely N-dealkylation sites (tertiary alicyclic amines) is 1. The molecule has 5 heteroatoms. The molecule has 0 spiro atoms. The molecule has 112 valence electrons. The van der Waals surface area contributed by atoms with Gasteiger partial charge in [0.25, 0.3) is 0 Å². The standard InChI is InChI=1S/C16H20N2O3/c1-16(2,3)21-15(20)18-9-12(8-17)14(10-18)11-5-4-6-13(19)7-11/h4-7,12,14,19H,9-10H2,1-3H3/t12-,14+/m1/s1. The number of carbonyl (C=O) groups is 1. The van der Waals surface area contributed by atoms with Gasteiger partial charge >= 0.3 is 6.09 Å². The molecule has 5 nitrogen and oxygen atoms in total. The molecule has 1 aliphatic heterocycles. The summed E-state index contributed by atoms with van der Waals surface area (Å²) in [6, 6.07) is 9.10. The van der Waals surface area contributed by atoms with Gasteiger partial charge in [0.05, 0.1) is 12.0 Å². The minimum Gasteiger partial charge on any atom is -0.508 e. The van der Waals surface area contributed by atoms with Gasteiger partial charge in [0.15, 0.2) is 0 Å². The summed E-state index contributed by atoms with van der Waals surface area (Å²) in [5.74, 6) is -0.228. The van der Waals surface area contributed by atoms with Crippen molar-refractivity contribution in [2.24, 2.45) is 5.92 Å². The fourth-order valence-corrected chi connectivity index (χ4v) is 2.50. The molecule has 0 aromatic heterocycles. The maximum absolute atomic E-state index is 12.1. The number of rotatable bonds is 1. The second kappa shape index (κ2) is 5.65. The van der Waals surface area contributed by atoms with E-state index in [2.05, 4.69) is 6.07 Å². The molecular weight excluding hydrogens is 268 g/mol. The molecule has 1 aromatic carbocycles. The predicted octanol–water partition coefficient (Wildman–Crippen LogP) is 2.87. The van der Waals surface area contributed by atoms with Gasteiger partial charge in [0, 0.05) is 19.0 Å². The lowest BCUT2D eigenvalue weighted by atomic mass is 9.90. The van der Waals surface area contributed by atoms with E-state index >= 15 is 0 Å². The topological polar surface area (TPSA) is 73.6 Å². The Bertz CT molecular complexity index is 572. The number of nitriles is 1. The number of ether oxygens (including phenoxy) is 1. The van der Waals surface area contributed by atoms with Crippen LogP contribution in [0.15, 0.2) is 24.3 Å². The molecule has 1 saturated heterocycles. The molecule has 0 unspecified atom stereocenters. The van der Waals surface area contributed by atoms with E-state index in [4.69, 9.17) is 4.74 Å². The summed E-state index contributed by atoms with van der Waals surface area (Å²) in [5, 5.41) is 18.9. The Morgan fingerprint density at radius 3 is 2.71 bits per heavy atom. The first kappa shape index (κ1) is 15.2. The van der Waals surface area contributed by atoms with Gasteiger partial charge in [-0.25, -0.2) is 4.79 Å². The van der Waals surface area contributed by atoms with Crippen molar-refractivity contribution in [1.82, 2.24) is 4.90 Å². The second-order valence-corrected chi connectivity index (χ2v) is 6.32. The molecule has 0 aliphatic carbocycles. The van der Waals surface area contributed by atoms with Crippen LogP contribution < -0.4 is 0 Å². The molecule has 1 aliphatic rings. The minimum absolute atomic E-state index is 0.102. The molecule has 2 rings (SSSR count). The van der Waals surface area contributed by atoms with Crippen molar-refractivity contribution in [3.05, 3.63) is 29.8 Å². The number of phenols is 1. The average Bonchev–Trinajstić information content (AvgIpc) is 2.81. The van der Waals surface area contributed by atoms with Gasteiger partial charge in [-0.1, -0.05) is 12.1 Å². The SMILES string of the molecule is CC(C)(C)OC(=O)N1C[C@@H](C#N)[C@H](c2cccc(O)c2)C1. The molecule has 0 saturated carbocycles. The number of amides is 1. The Balaban J connectivity index is 2.15. The monoisotopic (exact) mass is 288 g/mol. The molecule has 1 heterocycles. The number of phenolic OH excluding ortho intramolecular Hbond substituents is 1. The maximum Gasteiger partial charge on any atom is 0.410 e. The first-order chi connectivity index (χ1) is 9.80. The molecule has 1 amide bonds. The smallest absolute Gasteiger partial charge is 0.410 e. The van der Waals surface area contributed by atoms with Gasteiger partial charge < -0.3 is 14.7 Å². The largest absolute Gasteiger partial charge is 0.508 e. The summed E-state index contributed by atoms with van der Waals surface area (Å²) in [4.78, 5) is 13.7. The molecule has 1 N–H and O–H groups in total. The van der Waals surface area contributed by atoms with E-state index in [0.717, 1.165) is 5.56 Å². The van der Waals surface area contributed by atoms with Crippen molar-refractivity contribution in [3.8, 4) is 11.8 Å². The van der Waals surface area contributed by atoms with Crippen LogP contribution in [0.5, 0.6) is 5.75 Å². The zero-order valence-corrected chi connectivity index (χ0v) is 12.5. The zero-order chi connectivity index (χ0) is 15.6. The lowest BCUT2D eigenvalue weighted by Crippen LogP contribution is -2.35. The molecule has 1 aromatic rings. The summed E-state index contributed by atoms with van der Waals surface area (Å²) < 4.78 is 5.35. The van der Waals surface area contributed by atoms with Crippen LogP contribution in [0.4, 0.5) is 4.79 Å². The van der Waals surface area contributed by atoms with Crippen molar-refractivity contribution < 1.29 is 14.6 Å². The van der Waals surface area contributed by atoms with E-state index in [0.29, 0.717) is 13.1 Å². The van der Waals surface area contributed by atoms with Crippen LogP contribution in [0.25, 0.3) is 0 Å². The maximum atomic E-state index is 12.1. The van der Waals surface area contributed by atoms with Gasteiger partial charge in [-0.3, -0.25) is 0 Å². The lowest BCUT2D eigenvalue weighted by Gasteiger charge is -2.24. The molecule has 21 heavy (non-hydrogen) atoms. The summed E-state index contributed by atoms with van der Waals surface area (Å²) >= 11 is 0. The van der Waals surface area contributed by atoms with Crippen molar-refractivity contribution in [2.75, 3.05) is 13.1 Å². The molecule has 2 atom stereocenters. The number of nitrogens with zero attached hydrogens (tertiary/aromatic N) is 2. The lowest BCUT2D eigenvalue weighted by molar-refractivity contribution is 0.0289. The van der Waals surface area contributed by atoms with Crippen LogP contribution in [-0.2, 0) is 4.74 Å². The number of carbonyl (C=O) groups excluding carboxylic acids is 1. The van der Waals surface area contributed by atoms with Crippen LogP contribution in [0, 0.1) is 17.2 Å². The normalized spacial score (nSPS) is 21.9. The minimum atomic E-state index is -0.553. The highest BCUT2D eigenvalue weighted by Crippen LogP contribution is 2.34. The Morgan fingerprint density at radius 1 is 1.43 bits per heavy atom. The van der Waals surface area contributed by atoms with Gasteiger partial charge in [0.1, 0.15) is 11.4 Å². The predicted molar refractivity (Wildman–Crippen MR) is 77.8 cm³/mol. The van der Waals surface area contributed by atoms with Gasteiger partial charge in [-0.2, -0.15) is 5.26 Å². The average molecular weight is 288 g/mol. The fraction of sp³-hybridized carbons (Fsp3) is 0.500. The van der Waals surface area contributed by atoms with Crippen LogP contribution >= 0.6 is 0 Å². The third kappa shape index (κ3) is 3.66. The Morgan fingerprint density at radius 2 is 2.14 bits per heavy atom. The van der Waals surface area contributed by atoms with E-state index in [-0.39, 0.29) is 17.6 Å². The molecule has 1 fully saturated rings. The molecular formula is C16H20N2O3. The van der Waals surface area contributed by atoms with Crippen LogP contribution in [0.2, 0.25) is 0 Å². The number of benzene rings is 1. The van der Waals surface area contributed by atoms with Crippen molar-refractivity contribution >= 4 is 6.09 Å². The highest BCUT2D eigenvalue weighted by molar-refractivity contribution is 5.69. The Hall–Kier alpha value is -2.22. The Labute approximate surface area is 124 Å². The summed E-state index contributed by atoms with van der Waals surface area (Å²) in [6.07, 6.45) is -0.398. The number of hydrogen-bond acceptors (Lipinski definition) is 4. The third-order valence-corrected chi connectivity index (χ3v) is 3.44. The zero-order valence-electron chi connectivity index (χ0n) is 12.5. The van der Waals surface area contributed by atoms with Crippen LogP contribution in [0.1, 0.15) is 32.3 Å².